The Kier molecular flexibility index (Phi) is 7.55. The molecule has 3 heterocycles. The number of nitrogens with zero attached hydrogens (tertiary/aromatic N) is 3. The maximum atomic E-state index is 13.7. The fraction of sp³-hybridized carbons (Fsp3) is 0.345. The number of likely N-dealkylation sites (N-methyl/N-ethyl adjacent to an activating group) is 1. The molecule has 2 aliphatic heterocycles. The quantitative estimate of drug-likeness (QED) is 0.414. The summed E-state index contributed by atoms with van der Waals surface area (Å²) in [6, 6.07) is 16.6. The van der Waals surface area contributed by atoms with Crippen molar-refractivity contribution in [2.75, 3.05) is 13.1 Å². The third-order valence-electron chi connectivity index (χ3n) is 7.07. The zero-order valence-corrected chi connectivity index (χ0v) is 21.8. The van der Waals surface area contributed by atoms with Crippen molar-refractivity contribution < 1.29 is 14.6 Å². The van der Waals surface area contributed by atoms with Crippen LogP contribution in [-0.4, -0.2) is 63.5 Å². The second-order valence-corrected chi connectivity index (χ2v) is 9.93. The number of likely N-dealkylation sites (tertiary alicyclic amines) is 1. The standard InChI is InChI=1S/C29H31ClN4O3/c1-3-34-17-19(9-12-26(34)18(2)35)33-27-23-13-14-31-25(23)16-32-28(27)29(36)22-11-10-21(15-24(22)30)37-20-7-5-4-6-8-20/h4-8,10-11,13-15,18-19,26,31,35H,3,9,12,16-17H2,1-2H3. The lowest BCUT2D eigenvalue weighted by molar-refractivity contribution is 0.0343. The Morgan fingerprint density at radius 1 is 1.22 bits per heavy atom. The average molecular weight is 519 g/mol. The number of aromatic amines is 1. The van der Waals surface area contributed by atoms with Crippen molar-refractivity contribution in [2.24, 2.45) is 9.98 Å². The predicted octanol–water partition coefficient (Wildman–Crippen LogP) is 5.32. The second kappa shape index (κ2) is 11.0. The van der Waals surface area contributed by atoms with Crippen LogP contribution in [0.5, 0.6) is 11.5 Å². The molecule has 0 bridgehead atoms. The van der Waals surface area contributed by atoms with Crippen LogP contribution in [-0.2, 0) is 6.54 Å². The van der Waals surface area contributed by atoms with Crippen molar-refractivity contribution in [2.45, 2.75) is 51.4 Å². The summed E-state index contributed by atoms with van der Waals surface area (Å²) < 4.78 is 5.87. The van der Waals surface area contributed by atoms with Gasteiger partial charge in [0, 0.05) is 41.7 Å². The third-order valence-corrected chi connectivity index (χ3v) is 7.38. The first-order valence-corrected chi connectivity index (χ1v) is 13.1. The first kappa shape index (κ1) is 25.4. The van der Waals surface area contributed by atoms with E-state index in [0.29, 0.717) is 40.1 Å². The zero-order valence-electron chi connectivity index (χ0n) is 21.0. The largest absolute Gasteiger partial charge is 0.457 e. The number of Topliss-reactive ketones (excluding diaryl/α,β-unsaturated/α-hetero) is 1. The topological polar surface area (TPSA) is 90.3 Å². The molecule has 1 fully saturated rings. The van der Waals surface area contributed by atoms with E-state index in [4.69, 9.17) is 21.3 Å². The summed E-state index contributed by atoms with van der Waals surface area (Å²) in [4.78, 5) is 29.0. The van der Waals surface area contributed by atoms with Crippen LogP contribution in [0.15, 0.2) is 70.8 Å². The van der Waals surface area contributed by atoms with Gasteiger partial charge in [0.2, 0.25) is 5.78 Å². The molecule has 0 saturated carbocycles. The van der Waals surface area contributed by atoms with Gasteiger partial charge < -0.3 is 14.8 Å². The Morgan fingerprint density at radius 2 is 2.03 bits per heavy atom. The number of ketones is 1. The number of hydrogen-bond acceptors (Lipinski definition) is 6. The number of carbonyl (C=O) groups excluding carboxylic acids is 1. The summed E-state index contributed by atoms with van der Waals surface area (Å²) in [6.07, 6.45) is 3.15. The summed E-state index contributed by atoms with van der Waals surface area (Å²) in [5, 5.41) is 10.5. The lowest BCUT2D eigenvalue weighted by Gasteiger charge is -2.39. The van der Waals surface area contributed by atoms with Crippen molar-refractivity contribution in [1.82, 2.24) is 9.88 Å². The van der Waals surface area contributed by atoms with E-state index in [1.807, 2.05) is 49.5 Å². The molecule has 1 saturated heterocycles. The van der Waals surface area contributed by atoms with Gasteiger partial charge in [-0.2, -0.15) is 0 Å². The van der Waals surface area contributed by atoms with Crippen LogP contribution >= 0.6 is 11.6 Å². The molecule has 37 heavy (non-hydrogen) atoms. The number of aliphatic imine (C=N–C) groups is 2. The van der Waals surface area contributed by atoms with Gasteiger partial charge in [0.15, 0.2) is 0 Å². The first-order valence-electron chi connectivity index (χ1n) is 12.7. The molecule has 3 aromatic rings. The Hall–Kier alpha value is -3.26. The molecule has 1 aromatic heterocycles. The number of rotatable bonds is 7. The maximum absolute atomic E-state index is 13.7. The minimum absolute atomic E-state index is 0.000852. The second-order valence-electron chi connectivity index (χ2n) is 9.53. The van der Waals surface area contributed by atoms with E-state index in [-0.39, 0.29) is 17.9 Å². The van der Waals surface area contributed by atoms with Gasteiger partial charge >= 0.3 is 0 Å². The maximum Gasteiger partial charge on any atom is 0.214 e. The minimum Gasteiger partial charge on any atom is -0.457 e. The number of aliphatic hydroxyl groups excluding tert-OH is 1. The van der Waals surface area contributed by atoms with Crippen LogP contribution < -0.4 is 4.74 Å². The molecule has 0 radical (unpaired) electrons. The number of hydrogen-bond donors (Lipinski definition) is 2. The van der Waals surface area contributed by atoms with E-state index in [1.165, 1.54) is 0 Å². The molecule has 8 heteroatoms. The van der Waals surface area contributed by atoms with Gasteiger partial charge in [-0.3, -0.25) is 19.7 Å². The number of H-pyrrole nitrogens is 1. The number of halogens is 1. The van der Waals surface area contributed by atoms with Crippen LogP contribution in [0.1, 0.15) is 48.3 Å². The van der Waals surface area contributed by atoms with Gasteiger partial charge in [0.1, 0.15) is 17.2 Å². The first-order chi connectivity index (χ1) is 17.9. The van der Waals surface area contributed by atoms with Crippen molar-refractivity contribution in [3.05, 3.63) is 82.6 Å². The number of nitrogens with one attached hydrogen (secondary N) is 1. The average Bonchev–Trinajstić information content (AvgIpc) is 3.38. The van der Waals surface area contributed by atoms with E-state index < -0.39 is 6.10 Å². The molecule has 2 N–H and O–H groups in total. The summed E-state index contributed by atoms with van der Waals surface area (Å²) in [7, 11) is 0. The van der Waals surface area contributed by atoms with Gasteiger partial charge in [-0.25, -0.2) is 0 Å². The van der Waals surface area contributed by atoms with Crippen LogP contribution in [0, 0.1) is 0 Å². The normalized spacial score (nSPS) is 21.8. The Bertz CT molecular complexity index is 1330. The molecule has 0 aliphatic carbocycles. The summed E-state index contributed by atoms with van der Waals surface area (Å²) in [6.45, 7) is 5.88. The highest BCUT2D eigenvalue weighted by molar-refractivity contribution is 6.74. The minimum atomic E-state index is -0.394. The van der Waals surface area contributed by atoms with E-state index in [9.17, 15) is 9.90 Å². The van der Waals surface area contributed by atoms with Crippen LogP contribution in [0.25, 0.3) is 0 Å². The number of ether oxygens (including phenoxy) is 1. The fourth-order valence-corrected chi connectivity index (χ4v) is 5.42. The molecule has 2 aromatic carbocycles. The molecular weight excluding hydrogens is 488 g/mol. The molecule has 5 rings (SSSR count). The number of benzene rings is 2. The van der Waals surface area contributed by atoms with Gasteiger partial charge in [-0.15, -0.1) is 0 Å². The highest BCUT2D eigenvalue weighted by atomic mass is 35.5. The third kappa shape index (κ3) is 5.39. The van der Waals surface area contributed by atoms with Crippen molar-refractivity contribution in [3.8, 4) is 11.5 Å². The van der Waals surface area contributed by atoms with E-state index in [0.717, 1.165) is 37.2 Å². The lowest BCUT2D eigenvalue weighted by Crippen LogP contribution is -2.50. The molecule has 7 nitrogen and oxygen atoms in total. The molecule has 3 unspecified atom stereocenters. The highest BCUT2D eigenvalue weighted by Crippen LogP contribution is 2.29. The summed E-state index contributed by atoms with van der Waals surface area (Å²) >= 11 is 6.58. The smallest absolute Gasteiger partial charge is 0.214 e. The molecule has 2 aliphatic rings. The highest BCUT2D eigenvalue weighted by Gasteiger charge is 2.33. The van der Waals surface area contributed by atoms with Crippen LogP contribution in [0.4, 0.5) is 0 Å². The van der Waals surface area contributed by atoms with Gasteiger partial charge in [-0.05, 0) is 56.6 Å². The number of aliphatic hydroxyl groups is 1. The van der Waals surface area contributed by atoms with Crippen LogP contribution in [0.3, 0.4) is 0 Å². The number of piperidine rings is 1. The SMILES string of the molecule is CCN1CC(N=C2C(C(=O)c3ccc(Oc4ccccc4)cc3Cl)=NCc3[nH]ccc32)CCC1C(C)O. The molecule has 0 amide bonds. The monoisotopic (exact) mass is 518 g/mol. The molecular formula is C29H31ClN4O3. The van der Waals surface area contributed by atoms with Gasteiger partial charge in [0.25, 0.3) is 0 Å². The number of aromatic nitrogens is 1. The molecule has 3 atom stereocenters. The van der Waals surface area contributed by atoms with Crippen molar-refractivity contribution in [1.29, 1.82) is 0 Å². The Balaban J connectivity index is 1.42. The number of para-hydroxylation sites is 1. The Labute approximate surface area is 221 Å². The van der Waals surface area contributed by atoms with Gasteiger partial charge in [-0.1, -0.05) is 36.7 Å². The van der Waals surface area contributed by atoms with E-state index in [2.05, 4.69) is 21.8 Å². The summed E-state index contributed by atoms with van der Waals surface area (Å²) in [5.74, 6) is 0.983. The lowest BCUT2D eigenvalue weighted by atomic mass is 9.93. The van der Waals surface area contributed by atoms with Crippen LogP contribution in [0.2, 0.25) is 5.02 Å². The van der Waals surface area contributed by atoms with Gasteiger partial charge in [0.05, 0.1) is 29.4 Å². The number of carbonyl (C=O) groups is 1. The predicted molar refractivity (Wildman–Crippen MR) is 147 cm³/mol. The Morgan fingerprint density at radius 3 is 2.76 bits per heavy atom. The van der Waals surface area contributed by atoms with E-state index in [1.54, 1.807) is 18.2 Å². The van der Waals surface area contributed by atoms with Crippen molar-refractivity contribution >= 4 is 28.8 Å². The molecule has 0 spiro atoms. The fourth-order valence-electron chi connectivity index (χ4n) is 5.16. The number of fused-ring (bicyclic) bond motifs is 1. The van der Waals surface area contributed by atoms with E-state index >= 15 is 0 Å². The molecule has 192 valence electrons. The zero-order chi connectivity index (χ0) is 25.9. The van der Waals surface area contributed by atoms with Crippen molar-refractivity contribution in [3.63, 3.8) is 0 Å². The summed E-state index contributed by atoms with van der Waals surface area (Å²) in [5.41, 5.74) is 3.13.